The third kappa shape index (κ3) is 2.25. The molecule has 2 rings (SSSR count). The molecule has 0 spiro atoms. The van der Waals surface area contributed by atoms with Crippen molar-refractivity contribution in [1.29, 1.82) is 0 Å². The molecule has 1 aromatic heterocycles. The number of hydrogen-bond donors (Lipinski definition) is 1. The van der Waals surface area contributed by atoms with Gasteiger partial charge in [0.2, 0.25) is 0 Å². The molecular weight excluding hydrogens is 209 g/mol. The largest absolute Gasteiger partial charge is 0.422 e. The van der Waals surface area contributed by atoms with Crippen LogP contribution in [-0.4, -0.2) is 9.97 Å². The molecule has 0 saturated heterocycles. The van der Waals surface area contributed by atoms with E-state index in [0.29, 0.717) is 11.4 Å². The number of benzene rings is 1. The minimum absolute atomic E-state index is 0.0682. The third-order valence-electron chi connectivity index (χ3n) is 1.97. The van der Waals surface area contributed by atoms with Crippen molar-refractivity contribution in [2.75, 3.05) is 5.73 Å². The fourth-order valence-corrected chi connectivity index (χ4v) is 1.18. The number of nitrogens with zero attached hydrogens (tertiary/aromatic N) is 2. The second-order valence-electron chi connectivity index (χ2n) is 3.33. The Balaban J connectivity index is 2.26. The van der Waals surface area contributed by atoms with E-state index in [9.17, 15) is 4.39 Å². The minimum atomic E-state index is -0.510. The summed E-state index contributed by atoms with van der Waals surface area (Å²) in [5.41, 5.74) is 7.20. The number of rotatable bonds is 2. The van der Waals surface area contributed by atoms with Gasteiger partial charge in [-0.2, -0.15) is 0 Å². The Morgan fingerprint density at radius 2 is 1.94 bits per heavy atom. The average molecular weight is 219 g/mol. The molecule has 5 heteroatoms. The van der Waals surface area contributed by atoms with E-state index >= 15 is 0 Å². The molecule has 0 aliphatic heterocycles. The predicted molar refractivity (Wildman–Crippen MR) is 57.7 cm³/mol. The van der Waals surface area contributed by atoms with Gasteiger partial charge in [0.05, 0.1) is 18.1 Å². The number of anilines is 1. The van der Waals surface area contributed by atoms with E-state index in [0.717, 1.165) is 18.0 Å². The number of ether oxygens (including phenoxy) is 1. The van der Waals surface area contributed by atoms with Gasteiger partial charge in [-0.3, -0.25) is 0 Å². The number of nitrogen functional groups attached to an aromatic ring is 1. The van der Waals surface area contributed by atoms with Gasteiger partial charge in [0.15, 0.2) is 11.6 Å². The lowest BCUT2D eigenvalue weighted by molar-refractivity contribution is 0.438. The first-order chi connectivity index (χ1) is 7.65. The van der Waals surface area contributed by atoms with Crippen molar-refractivity contribution in [2.45, 2.75) is 6.92 Å². The molecule has 2 aromatic rings. The maximum absolute atomic E-state index is 12.6. The lowest BCUT2D eigenvalue weighted by Crippen LogP contribution is -1.96. The van der Waals surface area contributed by atoms with Crippen LogP contribution < -0.4 is 10.5 Å². The van der Waals surface area contributed by atoms with Gasteiger partial charge in [-0.1, -0.05) is 6.07 Å². The van der Waals surface area contributed by atoms with Crippen LogP contribution in [0, 0.1) is 12.7 Å². The van der Waals surface area contributed by atoms with Crippen molar-refractivity contribution >= 4 is 5.69 Å². The van der Waals surface area contributed by atoms with Gasteiger partial charge < -0.3 is 10.5 Å². The summed E-state index contributed by atoms with van der Waals surface area (Å²) in [6.07, 6.45) is 2.07. The van der Waals surface area contributed by atoms with Crippen LogP contribution in [0.25, 0.3) is 0 Å². The summed E-state index contributed by atoms with van der Waals surface area (Å²) in [7, 11) is 0. The zero-order chi connectivity index (χ0) is 11.5. The van der Waals surface area contributed by atoms with Gasteiger partial charge in [-0.15, -0.1) is 0 Å². The van der Waals surface area contributed by atoms with E-state index in [4.69, 9.17) is 10.5 Å². The molecule has 1 aromatic carbocycles. The third-order valence-corrected chi connectivity index (χ3v) is 1.97. The Labute approximate surface area is 91.9 Å². The van der Waals surface area contributed by atoms with Crippen molar-refractivity contribution in [2.24, 2.45) is 0 Å². The van der Waals surface area contributed by atoms with E-state index in [1.165, 1.54) is 0 Å². The second kappa shape index (κ2) is 4.14. The van der Waals surface area contributed by atoms with Crippen LogP contribution in [0.2, 0.25) is 0 Å². The Bertz CT molecular complexity index is 499. The molecule has 16 heavy (non-hydrogen) atoms. The molecule has 0 radical (unpaired) electrons. The highest BCUT2D eigenvalue weighted by Gasteiger charge is 2.04. The van der Waals surface area contributed by atoms with Gasteiger partial charge in [0, 0.05) is 0 Å². The fourth-order valence-electron chi connectivity index (χ4n) is 1.18. The summed E-state index contributed by atoms with van der Waals surface area (Å²) in [5, 5.41) is 0. The van der Waals surface area contributed by atoms with Gasteiger partial charge in [-0.25, -0.2) is 14.4 Å². The van der Waals surface area contributed by atoms with E-state index in [-0.39, 0.29) is 6.01 Å². The summed E-state index contributed by atoms with van der Waals surface area (Å²) in [6.45, 7) is 1.91. The normalized spacial score (nSPS) is 10.1. The molecule has 2 N–H and O–H groups in total. The number of halogens is 1. The smallest absolute Gasteiger partial charge is 0.322 e. The average Bonchev–Trinajstić information content (AvgIpc) is 2.27. The molecule has 82 valence electrons. The zero-order valence-corrected chi connectivity index (χ0v) is 8.64. The number of nitrogens with two attached hydrogens (primary N) is 1. The molecule has 0 bridgehead atoms. The summed E-state index contributed by atoms with van der Waals surface area (Å²) >= 11 is 0. The van der Waals surface area contributed by atoms with E-state index in [1.54, 1.807) is 12.1 Å². The SMILES string of the molecule is Cc1ccc(N)c(Oc2ncc(F)cn2)c1. The Morgan fingerprint density at radius 1 is 1.25 bits per heavy atom. The standard InChI is InChI=1S/C11H10FN3O/c1-7-2-3-9(13)10(4-7)16-11-14-5-8(12)6-15-11/h2-6H,13H2,1H3. The summed E-state index contributed by atoms with van der Waals surface area (Å²) in [5.74, 6) is -0.0452. The van der Waals surface area contributed by atoms with Crippen molar-refractivity contribution in [3.8, 4) is 11.8 Å². The minimum Gasteiger partial charge on any atom is -0.422 e. The van der Waals surface area contributed by atoms with Gasteiger partial charge >= 0.3 is 6.01 Å². The summed E-state index contributed by atoms with van der Waals surface area (Å²) in [4.78, 5) is 7.36. The van der Waals surface area contributed by atoms with E-state index in [2.05, 4.69) is 9.97 Å². The first-order valence-electron chi connectivity index (χ1n) is 4.66. The molecule has 0 atom stereocenters. The molecule has 4 nitrogen and oxygen atoms in total. The van der Waals surface area contributed by atoms with Crippen LogP contribution in [0.5, 0.6) is 11.8 Å². The Hall–Kier alpha value is -2.17. The van der Waals surface area contributed by atoms with Gasteiger partial charge in [0.25, 0.3) is 0 Å². The van der Waals surface area contributed by atoms with Crippen LogP contribution in [-0.2, 0) is 0 Å². The predicted octanol–water partition coefficient (Wildman–Crippen LogP) is 2.30. The van der Waals surface area contributed by atoms with Crippen molar-refractivity contribution in [3.63, 3.8) is 0 Å². The van der Waals surface area contributed by atoms with Crippen molar-refractivity contribution < 1.29 is 9.13 Å². The molecule has 0 saturated carbocycles. The molecule has 0 amide bonds. The fraction of sp³-hybridized carbons (Fsp3) is 0.0909. The van der Waals surface area contributed by atoms with Gasteiger partial charge in [-0.05, 0) is 24.6 Å². The molecule has 0 aliphatic carbocycles. The molecule has 0 fully saturated rings. The zero-order valence-electron chi connectivity index (χ0n) is 8.64. The summed E-state index contributed by atoms with van der Waals surface area (Å²) in [6, 6.07) is 5.43. The maximum Gasteiger partial charge on any atom is 0.322 e. The topological polar surface area (TPSA) is 61.0 Å². The second-order valence-corrected chi connectivity index (χ2v) is 3.33. The molecule has 0 aliphatic rings. The maximum atomic E-state index is 12.6. The molecule has 0 unspecified atom stereocenters. The number of aryl methyl sites for hydroxylation is 1. The number of aromatic nitrogens is 2. The quantitative estimate of drug-likeness (QED) is 0.787. The van der Waals surface area contributed by atoms with Crippen LogP contribution in [0.3, 0.4) is 0 Å². The van der Waals surface area contributed by atoms with Gasteiger partial charge in [0.1, 0.15) is 0 Å². The lowest BCUT2D eigenvalue weighted by Gasteiger charge is -2.06. The van der Waals surface area contributed by atoms with E-state index in [1.807, 2.05) is 13.0 Å². The Morgan fingerprint density at radius 3 is 2.62 bits per heavy atom. The van der Waals surface area contributed by atoms with Crippen LogP contribution in [0.1, 0.15) is 5.56 Å². The van der Waals surface area contributed by atoms with Crippen molar-refractivity contribution in [3.05, 3.63) is 42.0 Å². The first kappa shape index (κ1) is 10.4. The monoisotopic (exact) mass is 219 g/mol. The number of hydrogen-bond acceptors (Lipinski definition) is 4. The van der Waals surface area contributed by atoms with E-state index < -0.39 is 5.82 Å². The Kier molecular flexibility index (Phi) is 2.68. The highest BCUT2D eigenvalue weighted by Crippen LogP contribution is 2.25. The van der Waals surface area contributed by atoms with Crippen LogP contribution in [0.4, 0.5) is 10.1 Å². The van der Waals surface area contributed by atoms with Crippen LogP contribution in [0.15, 0.2) is 30.6 Å². The summed E-state index contributed by atoms with van der Waals surface area (Å²) < 4.78 is 17.9. The highest BCUT2D eigenvalue weighted by atomic mass is 19.1. The first-order valence-corrected chi connectivity index (χ1v) is 4.66. The molecule has 1 heterocycles. The lowest BCUT2D eigenvalue weighted by atomic mass is 10.2. The van der Waals surface area contributed by atoms with Crippen LogP contribution >= 0.6 is 0 Å². The highest BCUT2D eigenvalue weighted by molar-refractivity contribution is 5.54. The van der Waals surface area contributed by atoms with Crippen molar-refractivity contribution in [1.82, 2.24) is 9.97 Å². The molecular formula is C11H10FN3O.